The van der Waals surface area contributed by atoms with E-state index in [0.29, 0.717) is 34.0 Å². The van der Waals surface area contributed by atoms with Crippen molar-refractivity contribution in [1.82, 2.24) is 4.98 Å². The second kappa shape index (κ2) is 8.60. The largest absolute Gasteiger partial charge is 0.497 e. The molecule has 0 aliphatic rings. The Labute approximate surface area is 168 Å². The highest BCUT2D eigenvalue weighted by atomic mass is 16.5. The van der Waals surface area contributed by atoms with Crippen LogP contribution < -0.4 is 14.8 Å². The van der Waals surface area contributed by atoms with E-state index in [1.807, 2.05) is 19.1 Å². The van der Waals surface area contributed by atoms with Crippen molar-refractivity contribution in [3.05, 3.63) is 59.3 Å². The van der Waals surface area contributed by atoms with Gasteiger partial charge < -0.3 is 19.5 Å². The van der Waals surface area contributed by atoms with Gasteiger partial charge in [-0.1, -0.05) is 6.07 Å². The van der Waals surface area contributed by atoms with E-state index in [0.717, 1.165) is 10.9 Å². The summed E-state index contributed by atoms with van der Waals surface area (Å²) in [7, 11) is 3.10. The van der Waals surface area contributed by atoms with Crippen molar-refractivity contribution in [3.8, 4) is 11.5 Å². The summed E-state index contributed by atoms with van der Waals surface area (Å²) in [5.74, 6) is 0.140. The van der Waals surface area contributed by atoms with E-state index < -0.39 is 18.5 Å². The fourth-order valence-corrected chi connectivity index (χ4v) is 2.89. The van der Waals surface area contributed by atoms with Gasteiger partial charge in [0.2, 0.25) is 0 Å². The molecule has 7 nitrogen and oxygen atoms in total. The van der Waals surface area contributed by atoms with E-state index >= 15 is 0 Å². The third kappa shape index (κ3) is 4.63. The first kappa shape index (κ1) is 20.1. The Morgan fingerprint density at radius 2 is 1.79 bits per heavy atom. The summed E-state index contributed by atoms with van der Waals surface area (Å²) in [4.78, 5) is 29.1. The van der Waals surface area contributed by atoms with Crippen LogP contribution in [0.1, 0.15) is 21.6 Å². The van der Waals surface area contributed by atoms with Gasteiger partial charge in [0, 0.05) is 11.5 Å². The molecule has 1 aromatic heterocycles. The highest BCUT2D eigenvalue weighted by Gasteiger charge is 2.16. The Hall–Kier alpha value is -3.61. The van der Waals surface area contributed by atoms with Crippen LogP contribution in [0.2, 0.25) is 0 Å². The van der Waals surface area contributed by atoms with Crippen LogP contribution in [-0.4, -0.2) is 37.7 Å². The van der Waals surface area contributed by atoms with Crippen LogP contribution in [0.4, 0.5) is 5.69 Å². The minimum atomic E-state index is -0.612. The van der Waals surface area contributed by atoms with Gasteiger partial charge in [0.1, 0.15) is 11.5 Å². The van der Waals surface area contributed by atoms with Crippen LogP contribution in [0.3, 0.4) is 0 Å². The molecule has 150 valence electrons. The van der Waals surface area contributed by atoms with Crippen molar-refractivity contribution in [2.24, 2.45) is 0 Å². The lowest BCUT2D eigenvalue weighted by Gasteiger charge is -2.12. The maximum Gasteiger partial charge on any atom is 0.340 e. The summed E-state index contributed by atoms with van der Waals surface area (Å²) < 4.78 is 15.6. The number of nitrogens with zero attached hydrogens (tertiary/aromatic N) is 1. The molecule has 0 saturated heterocycles. The van der Waals surface area contributed by atoms with Crippen LogP contribution in [0.15, 0.2) is 42.5 Å². The Balaban J connectivity index is 1.70. The summed E-state index contributed by atoms with van der Waals surface area (Å²) in [6.45, 7) is 3.20. The molecule has 1 N–H and O–H groups in total. The van der Waals surface area contributed by atoms with Crippen LogP contribution in [-0.2, 0) is 9.53 Å². The molecule has 0 radical (unpaired) electrons. The van der Waals surface area contributed by atoms with Gasteiger partial charge in [-0.25, -0.2) is 4.79 Å². The lowest BCUT2D eigenvalue weighted by atomic mass is 10.1. The van der Waals surface area contributed by atoms with Crippen molar-refractivity contribution in [1.29, 1.82) is 0 Å². The fourth-order valence-electron chi connectivity index (χ4n) is 2.89. The second-order valence-corrected chi connectivity index (χ2v) is 6.51. The predicted molar refractivity (Wildman–Crippen MR) is 110 cm³/mol. The van der Waals surface area contributed by atoms with Gasteiger partial charge in [-0.3, -0.25) is 9.78 Å². The van der Waals surface area contributed by atoms with Gasteiger partial charge in [0.25, 0.3) is 5.91 Å². The molecule has 0 atom stereocenters. The minimum Gasteiger partial charge on any atom is -0.497 e. The Bertz CT molecular complexity index is 1080. The molecule has 2 aromatic carbocycles. The maximum absolute atomic E-state index is 12.5. The molecule has 7 heteroatoms. The number of benzene rings is 2. The first-order valence-corrected chi connectivity index (χ1v) is 8.98. The summed E-state index contributed by atoms with van der Waals surface area (Å²) in [6.07, 6.45) is 0. The van der Waals surface area contributed by atoms with E-state index in [1.54, 1.807) is 44.4 Å². The average molecular weight is 394 g/mol. The molecule has 0 aliphatic carbocycles. The zero-order chi connectivity index (χ0) is 21.0. The van der Waals surface area contributed by atoms with Crippen LogP contribution >= 0.6 is 0 Å². The lowest BCUT2D eigenvalue weighted by Crippen LogP contribution is -2.21. The zero-order valence-corrected chi connectivity index (χ0v) is 16.7. The topological polar surface area (TPSA) is 86.8 Å². The van der Waals surface area contributed by atoms with Crippen molar-refractivity contribution in [2.45, 2.75) is 13.8 Å². The third-order valence-corrected chi connectivity index (χ3v) is 4.40. The normalized spacial score (nSPS) is 10.5. The fraction of sp³-hybridized carbons (Fsp3) is 0.227. The summed E-state index contributed by atoms with van der Waals surface area (Å²) in [6, 6.07) is 12.5. The quantitative estimate of drug-likeness (QED) is 0.642. The number of hydrogen-bond donors (Lipinski definition) is 1. The van der Waals surface area contributed by atoms with E-state index in [9.17, 15) is 9.59 Å². The number of methoxy groups -OCH3 is 2. The SMILES string of the molecule is COc1ccc2cc(C(=O)OCC(=O)Nc3cc(C)ccc3OC)c(C)nc2c1. The number of pyridine rings is 1. The number of nitrogens with one attached hydrogen (secondary N) is 1. The molecule has 0 fully saturated rings. The highest BCUT2D eigenvalue weighted by Crippen LogP contribution is 2.25. The van der Waals surface area contributed by atoms with E-state index in [2.05, 4.69) is 10.3 Å². The van der Waals surface area contributed by atoms with Crippen molar-refractivity contribution < 1.29 is 23.8 Å². The average Bonchev–Trinajstić information content (AvgIpc) is 2.71. The van der Waals surface area contributed by atoms with E-state index in [-0.39, 0.29) is 0 Å². The highest BCUT2D eigenvalue weighted by molar-refractivity contribution is 5.98. The Morgan fingerprint density at radius 1 is 1.00 bits per heavy atom. The number of esters is 1. The molecular formula is C22H22N2O5. The predicted octanol–water partition coefficient (Wildman–Crippen LogP) is 3.66. The van der Waals surface area contributed by atoms with Gasteiger partial charge in [-0.05, 0) is 49.7 Å². The van der Waals surface area contributed by atoms with Gasteiger partial charge >= 0.3 is 5.97 Å². The first-order chi connectivity index (χ1) is 13.9. The smallest absolute Gasteiger partial charge is 0.340 e. The zero-order valence-electron chi connectivity index (χ0n) is 16.7. The maximum atomic E-state index is 12.5. The number of hydrogen-bond acceptors (Lipinski definition) is 6. The number of ether oxygens (including phenoxy) is 3. The molecule has 0 bridgehead atoms. The van der Waals surface area contributed by atoms with E-state index in [1.165, 1.54) is 7.11 Å². The number of carbonyl (C=O) groups is 2. The molecule has 1 heterocycles. The Morgan fingerprint density at radius 3 is 2.52 bits per heavy atom. The van der Waals surface area contributed by atoms with Crippen molar-refractivity contribution >= 4 is 28.5 Å². The number of fused-ring (bicyclic) bond motifs is 1. The summed E-state index contributed by atoms with van der Waals surface area (Å²) in [5, 5.41) is 3.47. The summed E-state index contributed by atoms with van der Waals surface area (Å²) >= 11 is 0. The van der Waals surface area contributed by atoms with Crippen LogP contribution in [0.25, 0.3) is 10.9 Å². The molecule has 1 amide bonds. The van der Waals surface area contributed by atoms with Gasteiger partial charge in [-0.15, -0.1) is 0 Å². The molecular weight excluding hydrogens is 372 g/mol. The number of aryl methyl sites for hydroxylation is 2. The standard InChI is InChI=1S/C22H22N2O5/c1-13-5-8-20(28-4)19(9-13)24-21(25)12-29-22(26)17-10-15-6-7-16(27-3)11-18(15)23-14(17)2/h5-11H,12H2,1-4H3,(H,24,25). The lowest BCUT2D eigenvalue weighted by molar-refractivity contribution is -0.119. The van der Waals surface area contributed by atoms with Crippen molar-refractivity contribution in [2.75, 3.05) is 26.1 Å². The molecule has 0 saturated carbocycles. The number of aromatic nitrogens is 1. The number of amides is 1. The monoisotopic (exact) mass is 394 g/mol. The van der Waals surface area contributed by atoms with Crippen LogP contribution in [0.5, 0.6) is 11.5 Å². The summed E-state index contributed by atoms with van der Waals surface area (Å²) in [5.41, 5.74) is 3.02. The molecule has 0 spiro atoms. The molecule has 3 aromatic rings. The molecule has 29 heavy (non-hydrogen) atoms. The molecule has 3 rings (SSSR count). The van der Waals surface area contributed by atoms with Crippen molar-refractivity contribution in [3.63, 3.8) is 0 Å². The number of rotatable bonds is 6. The molecule has 0 unspecified atom stereocenters. The first-order valence-electron chi connectivity index (χ1n) is 8.98. The number of anilines is 1. The van der Waals surface area contributed by atoms with Gasteiger partial charge in [0.05, 0.1) is 36.7 Å². The minimum absolute atomic E-state index is 0.309. The van der Waals surface area contributed by atoms with Crippen LogP contribution in [0, 0.1) is 13.8 Å². The number of carbonyl (C=O) groups excluding carboxylic acids is 2. The van der Waals surface area contributed by atoms with Gasteiger partial charge in [0.15, 0.2) is 6.61 Å². The Kier molecular flexibility index (Phi) is 5.97. The third-order valence-electron chi connectivity index (χ3n) is 4.40. The van der Waals surface area contributed by atoms with Gasteiger partial charge in [-0.2, -0.15) is 0 Å². The van der Waals surface area contributed by atoms with E-state index in [4.69, 9.17) is 14.2 Å². The molecule has 0 aliphatic heterocycles. The second-order valence-electron chi connectivity index (χ2n) is 6.51.